The molecule has 1 aromatic carbocycles. The number of urea groups is 1. The van der Waals surface area contributed by atoms with Crippen LogP contribution in [0.15, 0.2) is 28.9 Å². The Labute approximate surface area is 137 Å². The van der Waals surface area contributed by atoms with Gasteiger partial charge in [0.25, 0.3) is 0 Å². The van der Waals surface area contributed by atoms with Crippen LogP contribution in [0, 0.1) is 0 Å². The second-order valence-corrected chi connectivity index (χ2v) is 5.65. The van der Waals surface area contributed by atoms with E-state index in [1.807, 2.05) is 29.8 Å². The first-order chi connectivity index (χ1) is 10.5. The van der Waals surface area contributed by atoms with E-state index in [1.165, 1.54) is 0 Å². The zero-order valence-electron chi connectivity index (χ0n) is 12.7. The van der Waals surface area contributed by atoms with Crippen molar-refractivity contribution in [2.75, 3.05) is 11.6 Å². The molecule has 0 aliphatic heterocycles. The molecular weight excluding hydrogens is 350 g/mol. The van der Waals surface area contributed by atoms with Gasteiger partial charge in [0.15, 0.2) is 0 Å². The Morgan fingerprint density at radius 2 is 2.09 bits per heavy atom. The number of nitrogens with one attached hydrogen (secondary N) is 1. The Bertz CT molecular complexity index is 711. The van der Waals surface area contributed by atoms with Gasteiger partial charge in [0, 0.05) is 36.1 Å². The standard InChI is InChI=1S/C15H18BrN3O3/c1-4-14(20)22-19(15(21)17-5-2)13-9-18(3)12-8-10(16)6-7-11(12)13/h6-9H,4-5H2,1-3H3,(H,17,21). The predicted molar refractivity (Wildman–Crippen MR) is 88.6 cm³/mol. The third-order valence-electron chi connectivity index (χ3n) is 3.14. The monoisotopic (exact) mass is 367 g/mol. The summed E-state index contributed by atoms with van der Waals surface area (Å²) in [5, 5.41) is 4.49. The van der Waals surface area contributed by atoms with Gasteiger partial charge in [-0.3, -0.25) is 0 Å². The Balaban J connectivity index is 2.51. The zero-order chi connectivity index (χ0) is 16.3. The van der Waals surface area contributed by atoms with Crippen molar-refractivity contribution in [1.29, 1.82) is 0 Å². The molecule has 0 aliphatic carbocycles. The number of nitrogens with zero attached hydrogens (tertiary/aromatic N) is 2. The number of hydrogen-bond acceptors (Lipinski definition) is 3. The molecule has 2 amide bonds. The molecule has 7 heteroatoms. The first-order valence-electron chi connectivity index (χ1n) is 7.01. The van der Waals surface area contributed by atoms with Gasteiger partial charge < -0.3 is 14.7 Å². The number of rotatable bonds is 3. The number of hydrogen-bond donors (Lipinski definition) is 1. The van der Waals surface area contributed by atoms with Gasteiger partial charge in [-0.25, -0.2) is 9.59 Å². The topological polar surface area (TPSA) is 63.6 Å². The summed E-state index contributed by atoms with van der Waals surface area (Å²) in [6.45, 7) is 3.92. The van der Waals surface area contributed by atoms with Gasteiger partial charge >= 0.3 is 12.0 Å². The number of fused-ring (bicyclic) bond motifs is 1. The van der Waals surface area contributed by atoms with E-state index < -0.39 is 12.0 Å². The Kier molecular flexibility index (Phi) is 5.07. The number of amides is 2. The van der Waals surface area contributed by atoms with E-state index in [-0.39, 0.29) is 6.42 Å². The summed E-state index contributed by atoms with van der Waals surface area (Å²) in [7, 11) is 1.87. The molecule has 0 saturated carbocycles. The van der Waals surface area contributed by atoms with Crippen LogP contribution in [-0.2, 0) is 16.7 Å². The zero-order valence-corrected chi connectivity index (χ0v) is 14.3. The highest BCUT2D eigenvalue weighted by Gasteiger charge is 2.23. The van der Waals surface area contributed by atoms with Crippen LogP contribution in [0.1, 0.15) is 20.3 Å². The van der Waals surface area contributed by atoms with Crippen LogP contribution >= 0.6 is 15.9 Å². The third-order valence-corrected chi connectivity index (χ3v) is 3.64. The normalized spacial score (nSPS) is 10.5. The number of carbonyl (C=O) groups excluding carboxylic acids is 2. The van der Waals surface area contributed by atoms with E-state index in [0.717, 1.165) is 20.4 Å². The molecule has 1 heterocycles. The lowest BCUT2D eigenvalue weighted by Crippen LogP contribution is -2.41. The van der Waals surface area contributed by atoms with Gasteiger partial charge in [-0.1, -0.05) is 22.9 Å². The highest BCUT2D eigenvalue weighted by atomic mass is 79.9. The maximum atomic E-state index is 12.2. The summed E-state index contributed by atoms with van der Waals surface area (Å²) in [5.74, 6) is -0.472. The van der Waals surface area contributed by atoms with Gasteiger partial charge in [-0.15, -0.1) is 5.06 Å². The average molecular weight is 368 g/mol. The quantitative estimate of drug-likeness (QED) is 0.846. The van der Waals surface area contributed by atoms with E-state index in [2.05, 4.69) is 21.2 Å². The molecule has 2 aromatic rings. The van der Waals surface area contributed by atoms with Crippen molar-refractivity contribution < 1.29 is 14.4 Å². The van der Waals surface area contributed by atoms with Crippen molar-refractivity contribution in [3.05, 3.63) is 28.9 Å². The van der Waals surface area contributed by atoms with Crippen molar-refractivity contribution in [2.24, 2.45) is 7.05 Å². The Morgan fingerprint density at radius 3 is 2.73 bits per heavy atom. The molecule has 1 N–H and O–H groups in total. The van der Waals surface area contributed by atoms with Gasteiger partial charge in [0.1, 0.15) is 5.69 Å². The first kappa shape index (κ1) is 16.4. The molecule has 0 unspecified atom stereocenters. The second-order valence-electron chi connectivity index (χ2n) is 4.73. The van der Waals surface area contributed by atoms with Gasteiger partial charge in [-0.2, -0.15) is 0 Å². The number of hydroxylamine groups is 1. The van der Waals surface area contributed by atoms with Crippen molar-refractivity contribution in [2.45, 2.75) is 20.3 Å². The lowest BCUT2D eigenvalue weighted by Gasteiger charge is -2.20. The fourth-order valence-corrected chi connectivity index (χ4v) is 2.44. The second kappa shape index (κ2) is 6.83. The fourth-order valence-electron chi connectivity index (χ4n) is 2.09. The van der Waals surface area contributed by atoms with E-state index in [0.29, 0.717) is 12.2 Å². The fraction of sp³-hybridized carbons (Fsp3) is 0.333. The van der Waals surface area contributed by atoms with Crippen molar-refractivity contribution in [1.82, 2.24) is 9.88 Å². The Hall–Kier alpha value is -2.02. The smallest absolute Gasteiger partial charge is 0.348 e. The van der Waals surface area contributed by atoms with Gasteiger partial charge in [-0.05, 0) is 25.1 Å². The molecule has 0 bridgehead atoms. The first-order valence-corrected chi connectivity index (χ1v) is 7.80. The van der Waals surface area contributed by atoms with Gasteiger partial charge in [0.2, 0.25) is 0 Å². The highest BCUT2D eigenvalue weighted by Crippen LogP contribution is 2.31. The number of halogens is 1. The largest absolute Gasteiger partial charge is 0.355 e. The molecule has 0 saturated heterocycles. The van der Waals surface area contributed by atoms with Crippen LogP contribution in [0.2, 0.25) is 0 Å². The molecule has 1 aromatic heterocycles. The summed E-state index contributed by atoms with van der Waals surface area (Å²) in [6, 6.07) is 5.22. The van der Waals surface area contributed by atoms with Crippen LogP contribution in [0.5, 0.6) is 0 Å². The summed E-state index contributed by atoms with van der Waals surface area (Å²) in [4.78, 5) is 29.1. The molecular formula is C15H18BrN3O3. The number of aryl methyl sites for hydroxylation is 1. The summed E-state index contributed by atoms with van der Waals surface area (Å²) in [5.41, 5.74) is 1.45. The summed E-state index contributed by atoms with van der Waals surface area (Å²) in [6.07, 6.45) is 1.95. The van der Waals surface area contributed by atoms with E-state index >= 15 is 0 Å². The maximum absolute atomic E-state index is 12.2. The lowest BCUT2D eigenvalue weighted by atomic mass is 10.2. The molecule has 0 atom stereocenters. The molecule has 0 spiro atoms. The minimum absolute atomic E-state index is 0.187. The van der Waals surface area contributed by atoms with Gasteiger partial charge in [0.05, 0.1) is 5.52 Å². The molecule has 22 heavy (non-hydrogen) atoms. The summed E-state index contributed by atoms with van der Waals surface area (Å²) < 4.78 is 2.81. The lowest BCUT2D eigenvalue weighted by molar-refractivity contribution is -0.143. The van der Waals surface area contributed by atoms with E-state index in [1.54, 1.807) is 20.0 Å². The van der Waals surface area contributed by atoms with Crippen LogP contribution in [0.25, 0.3) is 10.9 Å². The molecule has 0 aliphatic rings. The molecule has 6 nitrogen and oxygen atoms in total. The number of aromatic nitrogens is 1. The van der Waals surface area contributed by atoms with Crippen LogP contribution in [0.4, 0.5) is 10.5 Å². The average Bonchev–Trinajstić information content (AvgIpc) is 2.81. The SMILES string of the molecule is CCNC(=O)N(OC(=O)CC)c1cn(C)c2cc(Br)ccc12. The molecule has 0 radical (unpaired) electrons. The van der Waals surface area contributed by atoms with Crippen LogP contribution in [0.3, 0.4) is 0 Å². The minimum atomic E-state index is -0.472. The summed E-state index contributed by atoms with van der Waals surface area (Å²) >= 11 is 3.43. The number of carbonyl (C=O) groups is 2. The van der Waals surface area contributed by atoms with Crippen LogP contribution in [-0.4, -0.2) is 23.1 Å². The minimum Gasteiger partial charge on any atom is -0.348 e. The third kappa shape index (κ3) is 3.24. The van der Waals surface area contributed by atoms with E-state index in [9.17, 15) is 9.59 Å². The van der Waals surface area contributed by atoms with Crippen molar-refractivity contribution in [3.8, 4) is 0 Å². The molecule has 118 valence electrons. The van der Waals surface area contributed by atoms with E-state index in [4.69, 9.17) is 4.84 Å². The molecule has 2 rings (SSSR count). The maximum Gasteiger partial charge on any atom is 0.355 e. The number of anilines is 1. The predicted octanol–water partition coefficient (Wildman–Crippen LogP) is 3.34. The highest BCUT2D eigenvalue weighted by molar-refractivity contribution is 9.10. The van der Waals surface area contributed by atoms with Crippen molar-refractivity contribution in [3.63, 3.8) is 0 Å². The number of benzene rings is 1. The van der Waals surface area contributed by atoms with Crippen LogP contribution < -0.4 is 10.4 Å². The van der Waals surface area contributed by atoms with Crippen molar-refractivity contribution >= 4 is 44.5 Å². The Morgan fingerprint density at radius 1 is 1.36 bits per heavy atom. The molecule has 0 fully saturated rings.